The third-order valence-corrected chi connectivity index (χ3v) is 2.69. The van der Waals surface area contributed by atoms with Crippen molar-refractivity contribution in [3.8, 4) is 0 Å². The number of halogens is 2. The smallest absolute Gasteiger partial charge is 0.263 e. The van der Waals surface area contributed by atoms with Crippen molar-refractivity contribution in [1.82, 2.24) is 0 Å². The number of hydrogen-bond donors (Lipinski definition) is 1. The summed E-state index contributed by atoms with van der Waals surface area (Å²) in [5.74, 6) is 0. The van der Waals surface area contributed by atoms with Gasteiger partial charge in [-0.05, 0) is 31.0 Å². The van der Waals surface area contributed by atoms with Crippen LogP contribution in [0.1, 0.15) is 24.8 Å². The highest BCUT2D eigenvalue weighted by molar-refractivity contribution is 5.59. The molecule has 15 heavy (non-hydrogen) atoms. The fraction of sp³-hybridized carbons (Fsp3) is 0.455. The van der Waals surface area contributed by atoms with Gasteiger partial charge in [-0.15, -0.1) is 0 Å². The number of rotatable bonds is 2. The maximum absolute atomic E-state index is 12.5. The molecule has 1 fully saturated rings. The number of alkyl halides is 2. The number of hydrogen-bond acceptors (Lipinski definition) is 2. The van der Waals surface area contributed by atoms with Crippen LogP contribution in [0.5, 0.6) is 0 Å². The van der Waals surface area contributed by atoms with Gasteiger partial charge in [-0.3, -0.25) is 0 Å². The van der Waals surface area contributed by atoms with Gasteiger partial charge in [-0.1, -0.05) is 0 Å². The summed E-state index contributed by atoms with van der Waals surface area (Å²) < 4.78 is 25.1. The minimum Gasteiger partial charge on any atom is -0.399 e. The van der Waals surface area contributed by atoms with Gasteiger partial charge in [-0.2, -0.15) is 0 Å². The van der Waals surface area contributed by atoms with Crippen molar-refractivity contribution in [2.75, 3.05) is 23.7 Å². The lowest BCUT2D eigenvalue weighted by Crippen LogP contribution is -2.17. The Bertz CT molecular complexity index is 346. The molecule has 0 aromatic heterocycles. The fourth-order valence-corrected chi connectivity index (χ4v) is 1.94. The van der Waals surface area contributed by atoms with Crippen molar-refractivity contribution in [2.45, 2.75) is 19.3 Å². The Kier molecular flexibility index (Phi) is 2.75. The predicted octanol–water partition coefficient (Wildman–Crippen LogP) is 2.81. The molecule has 0 atom stereocenters. The van der Waals surface area contributed by atoms with Gasteiger partial charge in [0, 0.05) is 30.0 Å². The summed E-state index contributed by atoms with van der Waals surface area (Å²) in [5, 5.41) is 0. The molecule has 1 aliphatic heterocycles. The Labute approximate surface area is 87.7 Å². The van der Waals surface area contributed by atoms with Crippen molar-refractivity contribution in [3.05, 3.63) is 23.8 Å². The second-order valence-corrected chi connectivity index (χ2v) is 3.85. The van der Waals surface area contributed by atoms with Crippen LogP contribution in [-0.2, 0) is 0 Å². The van der Waals surface area contributed by atoms with Gasteiger partial charge >= 0.3 is 0 Å². The highest BCUT2D eigenvalue weighted by Crippen LogP contribution is 2.29. The van der Waals surface area contributed by atoms with E-state index in [1.807, 2.05) is 0 Å². The van der Waals surface area contributed by atoms with E-state index in [9.17, 15) is 8.78 Å². The molecule has 0 radical (unpaired) electrons. The SMILES string of the molecule is Nc1cc(C(F)F)cc(N2CCCC2)c1. The molecule has 0 aliphatic carbocycles. The minimum atomic E-state index is -2.45. The molecule has 1 aromatic rings. The molecule has 0 amide bonds. The average Bonchev–Trinajstić information content (AvgIpc) is 2.69. The van der Waals surface area contributed by atoms with Crippen LogP contribution in [-0.4, -0.2) is 13.1 Å². The second kappa shape index (κ2) is 4.04. The molecule has 0 saturated carbocycles. The molecule has 1 aliphatic rings. The molecular formula is C11H14F2N2. The lowest BCUT2D eigenvalue weighted by Gasteiger charge is -2.19. The van der Waals surface area contributed by atoms with Gasteiger partial charge in [0.1, 0.15) is 0 Å². The Hall–Kier alpha value is -1.32. The zero-order valence-corrected chi connectivity index (χ0v) is 8.42. The van der Waals surface area contributed by atoms with E-state index < -0.39 is 6.43 Å². The van der Waals surface area contributed by atoms with E-state index in [1.54, 1.807) is 6.07 Å². The highest BCUT2D eigenvalue weighted by Gasteiger charge is 2.15. The molecule has 1 aromatic carbocycles. The molecule has 2 nitrogen and oxygen atoms in total. The maximum atomic E-state index is 12.5. The number of nitrogens with two attached hydrogens (primary N) is 1. The van der Waals surface area contributed by atoms with Crippen LogP contribution in [0.2, 0.25) is 0 Å². The summed E-state index contributed by atoms with van der Waals surface area (Å²) in [7, 11) is 0. The minimum absolute atomic E-state index is 0.0110. The van der Waals surface area contributed by atoms with E-state index in [0.717, 1.165) is 31.6 Å². The lowest BCUT2D eigenvalue weighted by molar-refractivity contribution is 0.151. The van der Waals surface area contributed by atoms with E-state index >= 15 is 0 Å². The van der Waals surface area contributed by atoms with Gasteiger partial charge in [0.25, 0.3) is 6.43 Å². The van der Waals surface area contributed by atoms with Gasteiger partial charge in [0.05, 0.1) is 0 Å². The zero-order valence-electron chi connectivity index (χ0n) is 8.42. The Morgan fingerprint density at radius 1 is 1.13 bits per heavy atom. The second-order valence-electron chi connectivity index (χ2n) is 3.85. The van der Waals surface area contributed by atoms with Gasteiger partial charge in [-0.25, -0.2) is 8.78 Å². The standard InChI is InChI=1S/C11H14F2N2/c12-11(13)8-5-9(14)7-10(6-8)15-3-1-2-4-15/h5-7,11H,1-4,14H2. The van der Waals surface area contributed by atoms with Crippen molar-refractivity contribution in [2.24, 2.45) is 0 Å². The molecule has 4 heteroatoms. The van der Waals surface area contributed by atoms with E-state index in [2.05, 4.69) is 4.90 Å². The van der Waals surface area contributed by atoms with Crippen molar-refractivity contribution in [3.63, 3.8) is 0 Å². The third-order valence-electron chi connectivity index (χ3n) is 2.69. The maximum Gasteiger partial charge on any atom is 0.263 e. The fourth-order valence-electron chi connectivity index (χ4n) is 1.94. The molecule has 0 spiro atoms. The van der Waals surface area contributed by atoms with Crippen LogP contribution in [0, 0.1) is 0 Å². The Morgan fingerprint density at radius 3 is 2.40 bits per heavy atom. The number of benzene rings is 1. The molecule has 1 heterocycles. The van der Waals surface area contributed by atoms with Crippen molar-refractivity contribution >= 4 is 11.4 Å². The summed E-state index contributed by atoms with van der Waals surface area (Å²) in [4.78, 5) is 2.10. The van der Waals surface area contributed by atoms with Gasteiger partial charge in [0.15, 0.2) is 0 Å². The van der Waals surface area contributed by atoms with E-state index in [0.29, 0.717) is 5.69 Å². The van der Waals surface area contributed by atoms with E-state index in [1.165, 1.54) is 12.1 Å². The summed E-state index contributed by atoms with van der Waals surface area (Å²) in [5.41, 5.74) is 6.85. The first-order chi connectivity index (χ1) is 7.16. The van der Waals surface area contributed by atoms with Crippen LogP contribution in [0.4, 0.5) is 20.2 Å². The monoisotopic (exact) mass is 212 g/mol. The largest absolute Gasteiger partial charge is 0.399 e. The molecular weight excluding hydrogens is 198 g/mol. The first-order valence-corrected chi connectivity index (χ1v) is 5.10. The Morgan fingerprint density at radius 2 is 1.80 bits per heavy atom. The van der Waals surface area contributed by atoms with Crippen LogP contribution < -0.4 is 10.6 Å². The first kappa shape index (κ1) is 10.2. The van der Waals surface area contributed by atoms with E-state index in [4.69, 9.17) is 5.73 Å². The van der Waals surface area contributed by atoms with Crippen LogP contribution >= 0.6 is 0 Å². The van der Waals surface area contributed by atoms with Crippen molar-refractivity contribution < 1.29 is 8.78 Å². The third kappa shape index (κ3) is 2.19. The van der Waals surface area contributed by atoms with Gasteiger partial charge < -0.3 is 10.6 Å². The number of nitrogens with zero attached hydrogens (tertiary/aromatic N) is 1. The quantitative estimate of drug-likeness (QED) is 0.764. The molecule has 0 bridgehead atoms. The number of nitrogen functional groups attached to an aromatic ring is 1. The van der Waals surface area contributed by atoms with Crippen LogP contribution in [0.3, 0.4) is 0 Å². The van der Waals surface area contributed by atoms with Crippen LogP contribution in [0.25, 0.3) is 0 Å². The molecule has 1 saturated heterocycles. The Balaban J connectivity index is 2.30. The first-order valence-electron chi connectivity index (χ1n) is 5.10. The summed E-state index contributed by atoms with van der Waals surface area (Å²) >= 11 is 0. The topological polar surface area (TPSA) is 29.3 Å². The highest BCUT2D eigenvalue weighted by atomic mass is 19.3. The van der Waals surface area contributed by atoms with Crippen molar-refractivity contribution in [1.29, 1.82) is 0 Å². The molecule has 82 valence electrons. The normalized spacial score (nSPS) is 16.3. The molecule has 2 N–H and O–H groups in total. The van der Waals surface area contributed by atoms with Gasteiger partial charge in [0.2, 0.25) is 0 Å². The summed E-state index contributed by atoms with van der Waals surface area (Å²) in [6.07, 6.45) is -0.202. The van der Waals surface area contributed by atoms with E-state index in [-0.39, 0.29) is 5.56 Å². The summed E-state index contributed by atoms with van der Waals surface area (Å²) in [6.45, 7) is 1.87. The molecule has 2 rings (SSSR count). The zero-order chi connectivity index (χ0) is 10.8. The summed E-state index contributed by atoms with van der Waals surface area (Å²) in [6, 6.07) is 4.63. The molecule has 0 unspecified atom stereocenters. The number of anilines is 2. The lowest BCUT2D eigenvalue weighted by atomic mass is 10.1. The predicted molar refractivity (Wildman–Crippen MR) is 57.3 cm³/mol. The van der Waals surface area contributed by atoms with Crippen LogP contribution in [0.15, 0.2) is 18.2 Å². The average molecular weight is 212 g/mol.